The molecule has 1 aliphatic rings. The highest BCUT2D eigenvalue weighted by atomic mass is 35.5. The molecule has 1 aromatic heterocycles. The lowest BCUT2D eigenvalue weighted by molar-refractivity contribution is -0.143. The van der Waals surface area contributed by atoms with Gasteiger partial charge in [-0.1, -0.05) is 11.6 Å². The summed E-state index contributed by atoms with van der Waals surface area (Å²) in [4.78, 5) is 32.6. The van der Waals surface area contributed by atoms with Gasteiger partial charge in [0.25, 0.3) is 0 Å². The molecule has 0 aliphatic carbocycles. The monoisotopic (exact) mass is 384 g/mol. The van der Waals surface area contributed by atoms with Crippen LogP contribution < -0.4 is 0 Å². The second-order valence-electron chi connectivity index (χ2n) is 6.80. The molecule has 8 heteroatoms. The number of carbonyl (C=O) groups excluding carboxylic acids is 2. The highest BCUT2D eigenvalue weighted by molar-refractivity contribution is 6.29. The number of aryl methyl sites for hydroxylation is 1. The first-order chi connectivity index (χ1) is 12.4. The van der Waals surface area contributed by atoms with Crippen molar-refractivity contribution < 1.29 is 14.3 Å². The number of ether oxygens (including phenoxy) is 1. The largest absolute Gasteiger partial charge is 0.466 e. The molecule has 0 aromatic carbocycles. The van der Waals surface area contributed by atoms with Gasteiger partial charge in [0.2, 0.25) is 5.91 Å². The maximum atomic E-state index is 12.6. The van der Waals surface area contributed by atoms with Crippen molar-refractivity contribution in [2.75, 3.05) is 33.8 Å². The first-order valence-corrected chi connectivity index (χ1v) is 9.59. The molecule has 0 spiro atoms. The van der Waals surface area contributed by atoms with Gasteiger partial charge in [0.1, 0.15) is 11.0 Å². The Labute approximate surface area is 160 Å². The topological polar surface area (TPSA) is 67.7 Å². The van der Waals surface area contributed by atoms with Crippen molar-refractivity contribution in [1.82, 2.24) is 19.4 Å². The number of carbonyl (C=O) groups is 2. The molecule has 7 nitrogen and oxygen atoms in total. The number of amides is 1. The molecule has 1 aliphatic heterocycles. The summed E-state index contributed by atoms with van der Waals surface area (Å²) in [7, 11) is 4.11. The summed E-state index contributed by atoms with van der Waals surface area (Å²) in [6.45, 7) is 4.15. The van der Waals surface area contributed by atoms with E-state index in [1.54, 1.807) is 17.7 Å². The highest BCUT2D eigenvalue weighted by Gasteiger charge is 2.25. The van der Waals surface area contributed by atoms with Gasteiger partial charge in [-0.2, -0.15) is 0 Å². The van der Waals surface area contributed by atoms with Crippen molar-refractivity contribution in [2.24, 2.45) is 0 Å². The number of likely N-dealkylation sites (N-methyl/N-ethyl adjacent to an activating group) is 1. The summed E-state index contributed by atoms with van der Waals surface area (Å²) in [5, 5.41) is 0.474. The summed E-state index contributed by atoms with van der Waals surface area (Å²) in [6, 6.07) is 0.425. The number of piperidine rings is 1. The van der Waals surface area contributed by atoms with Crippen molar-refractivity contribution in [3.8, 4) is 0 Å². The average molecular weight is 385 g/mol. The standard InChI is InChI=1S/C18H29ClN4O3/c1-4-26-18(25)9-11-23-15(19)12-20-16(23)7-8-17(24)22-10-5-6-14(13-22)21(2)3/h12,14H,4-11,13H2,1-3H3/t14-/m0/s1. The molecule has 146 valence electrons. The summed E-state index contributed by atoms with van der Waals surface area (Å²) in [5.74, 6) is 0.615. The van der Waals surface area contributed by atoms with Crippen molar-refractivity contribution in [2.45, 2.75) is 51.6 Å². The molecule has 0 bridgehead atoms. The highest BCUT2D eigenvalue weighted by Crippen LogP contribution is 2.17. The van der Waals surface area contributed by atoms with Crippen LogP contribution in [0.15, 0.2) is 6.20 Å². The van der Waals surface area contributed by atoms with E-state index in [4.69, 9.17) is 16.3 Å². The Hall–Kier alpha value is -1.60. The SMILES string of the molecule is CCOC(=O)CCn1c(Cl)cnc1CCC(=O)N1CCC[C@H](N(C)C)C1. The van der Waals surface area contributed by atoms with Gasteiger partial charge in [-0.3, -0.25) is 9.59 Å². The van der Waals surface area contributed by atoms with E-state index in [0.717, 1.165) is 31.8 Å². The fraction of sp³-hybridized carbons (Fsp3) is 0.722. The van der Waals surface area contributed by atoms with E-state index >= 15 is 0 Å². The van der Waals surface area contributed by atoms with Gasteiger partial charge in [0.15, 0.2) is 0 Å². The molecule has 0 unspecified atom stereocenters. The number of likely N-dealkylation sites (tertiary alicyclic amines) is 1. The molecule has 0 N–H and O–H groups in total. The number of aromatic nitrogens is 2. The number of hydrogen-bond acceptors (Lipinski definition) is 5. The van der Waals surface area contributed by atoms with Crippen LogP contribution >= 0.6 is 11.6 Å². The van der Waals surface area contributed by atoms with E-state index in [1.807, 2.05) is 4.90 Å². The molecule has 1 saturated heterocycles. The maximum Gasteiger partial charge on any atom is 0.307 e. The average Bonchev–Trinajstić information content (AvgIpc) is 2.98. The van der Waals surface area contributed by atoms with Crippen LogP contribution in [0.1, 0.15) is 38.4 Å². The Bertz CT molecular complexity index is 618. The fourth-order valence-electron chi connectivity index (χ4n) is 3.24. The number of rotatable bonds is 8. The van der Waals surface area contributed by atoms with Crippen LogP contribution in [0.25, 0.3) is 0 Å². The molecule has 1 fully saturated rings. The van der Waals surface area contributed by atoms with Crippen molar-refractivity contribution in [3.05, 3.63) is 17.2 Å². The van der Waals surface area contributed by atoms with Crippen LogP contribution in [0, 0.1) is 0 Å². The molecule has 2 heterocycles. The van der Waals surface area contributed by atoms with Gasteiger partial charge in [-0.15, -0.1) is 0 Å². The molecule has 1 atom stereocenters. The van der Waals surface area contributed by atoms with Gasteiger partial charge in [-0.25, -0.2) is 4.98 Å². The molecule has 0 radical (unpaired) electrons. The minimum absolute atomic E-state index is 0.146. The minimum Gasteiger partial charge on any atom is -0.466 e. The Morgan fingerprint density at radius 1 is 1.38 bits per heavy atom. The van der Waals surface area contributed by atoms with Gasteiger partial charge < -0.3 is 19.1 Å². The molecule has 0 saturated carbocycles. The lowest BCUT2D eigenvalue weighted by Gasteiger charge is -2.36. The van der Waals surface area contributed by atoms with Crippen LogP contribution in [0.5, 0.6) is 0 Å². The van der Waals surface area contributed by atoms with Crippen LogP contribution in [0.3, 0.4) is 0 Å². The van der Waals surface area contributed by atoms with E-state index < -0.39 is 0 Å². The van der Waals surface area contributed by atoms with Crippen LogP contribution in [-0.4, -0.2) is 71.1 Å². The quantitative estimate of drug-likeness (QED) is 0.641. The van der Waals surface area contributed by atoms with E-state index in [1.165, 1.54) is 0 Å². The van der Waals surface area contributed by atoms with E-state index in [-0.39, 0.29) is 18.3 Å². The molecule has 2 rings (SSSR count). The van der Waals surface area contributed by atoms with E-state index in [0.29, 0.717) is 37.2 Å². The summed E-state index contributed by atoms with van der Waals surface area (Å²) in [5.41, 5.74) is 0. The first kappa shape index (κ1) is 20.7. The Kier molecular flexibility index (Phi) is 7.90. The summed E-state index contributed by atoms with van der Waals surface area (Å²) >= 11 is 6.17. The third-order valence-electron chi connectivity index (χ3n) is 4.78. The second-order valence-corrected chi connectivity index (χ2v) is 7.19. The molecular formula is C18H29ClN4O3. The predicted molar refractivity (Wildman–Crippen MR) is 100 cm³/mol. The number of imidazole rings is 1. The predicted octanol–water partition coefficient (Wildman–Crippen LogP) is 1.97. The minimum atomic E-state index is -0.262. The zero-order valence-electron chi connectivity index (χ0n) is 15.9. The molecule has 1 amide bonds. The lowest BCUT2D eigenvalue weighted by Crippen LogP contribution is -2.47. The second kappa shape index (κ2) is 9.92. The van der Waals surface area contributed by atoms with Crippen LogP contribution in [0.2, 0.25) is 5.15 Å². The summed E-state index contributed by atoms with van der Waals surface area (Å²) in [6.07, 6.45) is 4.88. The zero-order valence-corrected chi connectivity index (χ0v) is 16.7. The smallest absolute Gasteiger partial charge is 0.307 e. The number of esters is 1. The zero-order chi connectivity index (χ0) is 19.1. The van der Waals surface area contributed by atoms with Crippen molar-refractivity contribution >= 4 is 23.5 Å². The van der Waals surface area contributed by atoms with Gasteiger partial charge >= 0.3 is 5.97 Å². The van der Waals surface area contributed by atoms with Gasteiger partial charge in [0.05, 0.1) is 19.2 Å². The van der Waals surface area contributed by atoms with Crippen LogP contribution in [0.4, 0.5) is 0 Å². The molecule has 1 aromatic rings. The Morgan fingerprint density at radius 3 is 2.85 bits per heavy atom. The van der Waals surface area contributed by atoms with Gasteiger partial charge in [0, 0.05) is 38.5 Å². The third kappa shape index (κ3) is 5.71. The van der Waals surface area contributed by atoms with Gasteiger partial charge in [-0.05, 0) is 33.9 Å². The number of hydrogen-bond donors (Lipinski definition) is 0. The van der Waals surface area contributed by atoms with E-state index in [9.17, 15) is 9.59 Å². The van der Waals surface area contributed by atoms with Crippen molar-refractivity contribution in [3.63, 3.8) is 0 Å². The molecular weight excluding hydrogens is 356 g/mol. The lowest BCUT2D eigenvalue weighted by atomic mass is 10.0. The fourth-order valence-corrected chi connectivity index (χ4v) is 3.47. The maximum absolute atomic E-state index is 12.6. The first-order valence-electron chi connectivity index (χ1n) is 9.22. The Balaban J connectivity index is 1.89. The normalized spacial score (nSPS) is 17.6. The Morgan fingerprint density at radius 2 is 2.15 bits per heavy atom. The summed E-state index contributed by atoms with van der Waals surface area (Å²) < 4.78 is 6.73. The molecule has 26 heavy (non-hydrogen) atoms. The third-order valence-corrected chi connectivity index (χ3v) is 5.08. The number of halogens is 1. The number of nitrogens with zero attached hydrogens (tertiary/aromatic N) is 4. The van der Waals surface area contributed by atoms with Crippen molar-refractivity contribution in [1.29, 1.82) is 0 Å². The van der Waals surface area contributed by atoms with E-state index in [2.05, 4.69) is 24.0 Å². The van der Waals surface area contributed by atoms with Crippen LogP contribution in [-0.2, 0) is 27.3 Å².